The Labute approximate surface area is 178 Å². The third kappa shape index (κ3) is 6.38. The lowest BCUT2D eigenvalue weighted by Gasteiger charge is -2.15. The van der Waals surface area contributed by atoms with Crippen LogP contribution in [0.3, 0.4) is 0 Å². The minimum absolute atomic E-state index is 0.0243. The molecule has 0 aromatic heterocycles. The third-order valence-electron chi connectivity index (χ3n) is 3.80. The summed E-state index contributed by atoms with van der Waals surface area (Å²) >= 11 is 11.6. The number of hydrogen-bond donors (Lipinski definition) is 0. The molecule has 1 atom stereocenters. The Morgan fingerprint density at radius 2 is 1.53 bits per heavy atom. The molecule has 2 rings (SSSR count). The number of carbonyl (C=O) groups excluding carboxylic acids is 1. The van der Waals surface area contributed by atoms with Gasteiger partial charge < -0.3 is 0 Å². The summed E-state index contributed by atoms with van der Waals surface area (Å²) in [7, 11) is 0. The van der Waals surface area contributed by atoms with Gasteiger partial charge in [-0.05, 0) is 44.2 Å². The van der Waals surface area contributed by atoms with Crippen molar-refractivity contribution in [2.45, 2.75) is 31.7 Å². The maximum atomic E-state index is 12.9. The Hall–Kier alpha value is -2.24. The van der Waals surface area contributed by atoms with Crippen LogP contribution in [0.5, 0.6) is 0 Å². The fourth-order valence-corrected chi connectivity index (χ4v) is 2.85. The van der Waals surface area contributed by atoms with E-state index in [1.54, 1.807) is 0 Å². The van der Waals surface area contributed by atoms with Gasteiger partial charge >= 0.3 is 12.4 Å². The van der Waals surface area contributed by atoms with E-state index >= 15 is 0 Å². The first-order valence-electron chi connectivity index (χ1n) is 8.25. The summed E-state index contributed by atoms with van der Waals surface area (Å²) in [5, 5.41) is 0.134. The van der Waals surface area contributed by atoms with Gasteiger partial charge in [0.15, 0.2) is 5.78 Å². The lowest BCUT2D eigenvalue weighted by atomic mass is 9.99. The normalized spacial score (nSPS) is 18.1. The first kappa shape index (κ1) is 24.0. The summed E-state index contributed by atoms with van der Waals surface area (Å²) in [5.74, 6) is 3.50. The van der Waals surface area contributed by atoms with Crippen LogP contribution in [0.25, 0.3) is 0 Å². The molecule has 1 aromatic rings. The minimum Gasteiger partial charge on any atom is -0.292 e. The van der Waals surface area contributed by atoms with Gasteiger partial charge in [-0.1, -0.05) is 35.0 Å². The minimum atomic E-state index is -4.97. The van der Waals surface area contributed by atoms with E-state index in [2.05, 4.69) is 16.8 Å². The smallest absolute Gasteiger partial charge is 0.292 e. The maximum absolute atomic E-state index is 12.9. The van der Waals surface area contributed by atoms with Crippen LogP contribution in [-0.4, -0.2) is 17.5 Å². The predicted molar refractivity (Wildman–Crippen MR) is 102 cm³/mol. The van der Waals surface area contributed by atoms with Crippen LogP contribution < -0.4 is 0 Å². The molecule has 2 nitrogen and oxygen atoms in total. The average Bonchev–Trinajstić information content (AvgIpc) is 2.60. The van der Waals surface area contributed by atoms with Crippen molar-refractivity contribution in [3.05, 3.63) is 57.1 Å². The highest BCUT2D eigenvalue weighted by molar-refractivity contribution is 6.46. The summed E-state index contributed by atoms with van der Waals surface area (Å²) in [4.78, 5) is 16.1. The second-order valence-corrected chi connectivity index (χ2v) is 7.66. The number of Topliss-reactive ketones (excluding diaryl/α,β-unsaturated/α-hetero) is 1. The highest BCUT2D eigenvalue weighted by Gasteiger charge is 2.36. The molecule has 0 heterocycles. The number of aliphatic imine (C=N–C) groups is 1. The molecular formula is C20H13Cl2F6NO. The predicted octanol–water partition coefficient (Wildman–Crippen LogP) is 6.37. The van der Waals surface area contributed by atoms with Gasteiger partial charge in [-0.2, -0.15) is 26.3 Å². The van der Waals surface area contributed by atoms with E-state index in [1.165, 1.54) is 32.2 Å². The summed E-state index contributed by atoms with van der Waals surface area (Å²) in [5.41, 5.74) is -4.61. The van der Waals surface area contributed by atoms with Gasteiger partial charge in [0.25, 0.3) is 0 Å². The van der Waals surface area contributed by atoms with Gasteiger partial charge in [0.05, 0.1) is 22.1 Å². The van der Waals surface area contributed by atoms with Crippen molar-refractivity contribution >= 4 is 35.2 Å². The number of halogens is 8. The van der Waals surface area contributed by atoms with Crippen LogP contribution in [-0.2, 0) is 17.1 Å². The molecule has 0 N–H and O–H groups in total. The first-order chi connectivity index (χ1) is 13.6. The van der Waals surface area contributed by atoms with Crippen LogP contribution in [0, 0.1) is 17.8 Å². The second-order valence-electron chi connectivity index (χ2n) is 6.82. The van der Waals surface area contributed by atoms with Crippen molar-refractivity contribution in [2.24, 2.45) is 10.9 Å². The molecule has 0 amide bonds. The zero-order chi connectivity index (χ0) is 22.9. The fourth-order valence-electron chi connectivity index (χ4n) is 2.31. The lowest BCUT2D eigenvalue weighted by molar-refractivity contribution is -0.143. The van der Waals surface area contributed by atoms with Gasteiger partial charge in [0.1, 0.15) is 5.54 Å². The summed E-state index contributed by atoms with van der Waals surface area (Å²) in [6, 6.07) is 1.08. The van der Waals surface area contributed by atoms with Crippen molar-refractivity contribution in [1.29, 1.82) is 0 Å². The first-order valence-corrected chi connectivity index (χ1v) is 9.01. The number of benzene rings is 1. The average molecular weight is 468 g/mol. The van der Waals surface area contributed by atoms with Gasteiger partial charge in [-0.15, -0.1) is 0 Å². The fraction of sp³-hybridized carbons (Fsp3) is 0.300. The van der Waals surface area contributed by atoms with E-state index in [-0.39, 0.29) is 16.1 Å². The van der Waals surface area contributed by atoms with Gasteiger partial charge in [-0.3, -0.25) is 9.79 Å². The van der Waals surface area contributed by atoms with Crippen LogP contribution in [0.15, 0.2) is 45.4 Å². The largest absolute Gasteiger partial charge is 0.416 e. The van der Waals surface area contributed by atoms with E-state index in [1.807, 2.05) is 0 Å². The monoisotopic (exact) mass is 467 g/mol. The lowest BCUT2D eigenvalue weighted by Crippen LogP contribution is -2.21. The van der Waals surface area contributed by atoms with E-state index in [0.29, 0.717) is 12.1 Å². The number of nitrogens with zero attached hydrogens (tertiary/aromatic N) is 1. The van der Waals surface area contributed by atoms with E-state index in [9.17, 15) is 31.1 Å². The molecule has 0 aliphatic heterocycles. The Balaban J connectivity index is 2.35. The van der Waals surface area contributed by atoms with Crippen LogP contribution >= 0.6 is 23.2 Å². The van der Waals surface area contributed by atoms with Crippen molar-refractivity contribution in [3.8, 4) is 11.8 Å². The third-order valence-corrected chi connectivity index (χ3v) is 4.33. The standard InChI is InChI=1S/C20H13Cl2F6NO/c1-18(2,29-10-12-7-15(21)9-16(22)17(12)30)4-3-11-5-13(19(23,24)25)8-14(6-11)20(26,27)28/h5-10,12H,1-2H3/b29-10+. The number of hydrogen-bond acceptors (Lipinski definition) is 2. The topological polar surface area (TPSA) is 29.4 Å². The van der Waals surface area contributed by atoms with Crippen molar-refractivity contribution in [2.75, 3.05) is 0 Å². The van der Waals surface area contributed by atoms with Crippen LogP contribution in [0.4, 0.5) is 26.3 Å². The zero-order valence-corrected chi connectivity index (χ0v) is 16.9. The Bertz CT molecular complexity index is 975. The molecule has 0 fully saturated rings. The van der Waals surface area contributed by atoms with E-state index in [4.69, 9.17) is 23.2 Å². The summed E-state index contributed by atoms with van der Waals surface area (Å²) in [6.45, 7) is 2.95. The number of ketones is 1. The molecule has 1 aliphatic rings. The summed E-state index contributed by atoms with van der Waals surface area (Å²) < 4.78 is 77.6. The van der Waals surface area contributed by atoms with Crippen LogP contribution in [0.2, 0.25) is 0 Å². The van der Waals surface area contributed by atoms with Gasteiger partial charge in [-0.25, -0.2) is 0 Å². The van der Waals surface area contributed by atoms with E-state index < -0.39 is 46.3 Å². The molecule has 0 saturated heterocycles. The maximum Gasteiger partial charge on any atom is 0.416 e. The number of rotatable bonds is 2. The van der Waals surface area contributed by atoms with Crippen molar-refractivity contribution < 1.29 is 31.1 Å². The molecule has 10 heteroatoms. The zero-order valence-electron chi connectivity index (χ0n) is 15.4. The molecule has 1 unspecified atom stereocenters. The number of alkyl halides is 6. The molecule has 30 heavy (non-hydrogen) atoms. The Kier molecular flexibility index (Phi) is 6.79. The molecule has 0 spiro atoms. The Morgan fingerprint density at radius 3 is 2.03 bits per heavy atom. The molecule has 0 radical (unpaired) electrons. The summed E-state index contributed by atoms with van der Waals surface area (Å²) in [6.07, 6.45) is -6.05. The van der Waals surface area contributed by atoms with Crippen LogP contribution in [0.1, 0.15) is 30.5 Å². The molecule has 160 valence electrons. The van der Waals surface area contributed by atoms with Crippen molar-refractivity contribution in [3.63, 3.8) is 0 Å². The molecule has 0 bridgehead atoms. The second kappa shape index (κ2) is 8.48. The van der Waals surface area contributed by atoms with Gasteiger partial charge in [0.2, 0.25) is 0 Å². The number of carbonyl (C=O) groups is 1. The highest BCUT2D eigenvalue weighted by atomic mass is 35.5. The SMILES string of the molecule is CC(C)(C#Cc1cc(C(F)(F)F)cc(C(F)(F)F)c1)/N=C/C1C=C(Cl)C=C(Cl)C1=O. The van der Waals surface area contributed by atoms with Gasteiger partial charge in [0, 0.05) is 16.8 Å². The molecular weight excluding hydrogens is 455 g/mol. The number of allylic oxidation sites excluding steroid dienone is 4. The van der Waals surface area contributed by atoms with Crippen molar-refractivity contribution in [1.82, 2.24) is 0 Å². The Morgan fingerprint density at radius 1 is 1.00 bits per heavy atom. The quantitative estimate of drug-likeness (QED) is 0.282. The highest BCUT2D eigenvalue weighted by Crippen LogP contribution is 2.36. The molecule has 1 aromatic carbocycles. The molecule has 1 aliphatic carbocycles. The molecule has 0 saturated carbocycles. The van der Waals surface area contributed by atoms with E-state index in [0.717, 1.165) is 0 Å².